The van der Waals surface area contributed by atoms with E-state index in [4.69, 9.17) is 0 Å². The van der Waals surface area contributed by atoms with Crippen LogP contribution in [0.1, 0.15) is 18.5 Å². The van der Waals surface area contributed by atoms with Gasteiger partial charge in [-0.1, -0.05) is 37.9 Å². The molecule has 0 amide bonds. The van der Waals surface area contributed by atoms with Gasteiger partial charge in [0.2, 0.25) is 0 Å². The quantitative estimate of drug-likeness (QED) is 0.894. The molecule has 1 aromatic carbocycles. The lowest BCUT2D eigenvalue weighted by atomic mass is 10.1. The highest BCUT2D eigenvalue weighted by molar-refractivity contribution is 9.11. The summed E-state index contributed by atoms with van der Waals surface area (Å²) in [6.45, 7) is 2.13. The van der Waals surface area contributed by atoms with E-state index in [0.29, 0.717) is 0 Å². The predicted molar refractivity (Wildman–Crippen MR) is 77.1 cm³/mol. The van der Waals surface area contributed by atoms with Crippen molar-refractivity contribution in [2.75, 3.05) is 5.32 Å². The van der Waals surface area contributed by atoms with Gasteiger partial charge in [-0.2, -0.15) is 5.10 Å². The van der Waals surface area contributed by atoms with E-state index in [1.165, 1.54) is 5.56 Å². The second-order valence-electron chi connectivity index (χ2n) is 3.93. The van der Waals surface area contributed by atoms with E-state index in [2.05, 4.69) is 61.3 Å². The van der Waals surface area contributed by atoms with Crippen molar-refractivity contribution in [1.82, 2.24) is 9.78 Å². The Balaban J connectivity index is 2.17. The molecule has 1 aromatic heterocycles. The third-order valence-electron chi connectivity index (χ3n) is 2.52. The van der Waals surface area contributed by atoms with Crippen LogP contribution in [-0.2, 0) is 7.05 Å². The largest absolute Gasteiger partial charge is 0.376 e. The highest BCUT2D eigenvalue weighted by atomic mass is 79.9. The molecule has 0 saturated heterocycles. The number of nitrogens with zero attached hydrogens (tertiary/aromatic N) is 2. The van der Waals surface area contributed by atoms with E-state index in [0.717, 1.165) is 14.6 Å². The molecule has 0 spiro atoms. The van der Waals surface area contributed by atoms with Gasteiger partial charge in [0.15, 0.2) is 0 Å². The highest BCUT2D eigenvalue weighted by Crippen LogP contribution is 2.28. The molecule has 0 bridgehead atoms. The van der Waals surface area contributed by atoms with Crippen molar-refractivity contribution < 1.29 is 0 Å². The standard InChI is InChI=1S/C12H13Br2N3/c1-8(16-10-6-15-17(2)7-10)11-4-3-9(13)5-12(11)14/h3-8,16H,1-2H3. The third kappa shape index (κ3) is 3.10. The molecule has 2 aromatic rings. The first kappa shape index (κ1) is 12.6. The van der Waals surface area contributed by atoms with Gasteiger partial charge < -0.3 is 5.32 Å². The first-order valence-electron chi connectivity index (χ1n) is 5.26. The molecule has 2 rings (SSSR count). The van der Waals surface area contributed by atoms with Gasteiger partial charge in [-0.25, -0.2) is 0 Å². The molecule has 0 aliphatic rings. The van der Waals surface area contributed by atoms with E-state index in [9.17, 15) is 0 Å². The fourth-order valence-corrected chi connectivity index (χ4v) is 3.07. The molecule has 0 aliphatic carbocycles. The summed E-state index contributed by atoms with van der Waals surface area (Å²) >= 11 is 7.03. The van der Waals surface area contributed by atoms with Crippen LogP contribution >= 0.6 is 31.9 Å². The minimum absolute atomic E-state index is 0.224. The highest BCUT2D eigenvalue weighted by Gasteiger charge is 2.10. The molecule has 0 saturated carbocycles. The number of hydrogen-bond donors (Lipinski definition) is 1. The zero-order valence-electron chi connectivity index (χ0n) is 9.61. The van der Waals surface area contributed by atoms with Gasteiger partial charge in [0.1, 0.15) is 0 Å². The topological polar surface area (TPSA) is 29.9 Å². The number of aryl methyl sites for hydroxylation is 1. The number of rotatable bonds is 3. The van der Waals surface area contributed by atoms with Crippen molar-refractivity contribution >= 4 is 37.5 Å². The van der Waals surface area contributed by atoms with Crippen LogP contribution < -0.4 is 5.32 Å². The number of nitrogens with one attached hydrogen (secondary N) is 1. The van der Waals surface area contributed by atoms with Crippen molar-refractivity contribution in [3.8, 4) is 0 Å². The third-order valence-corrected chi connectivity index (χ3v) is 3.70. The van der Waals surface area contributed by atoms with Crippen LogP contribution in [0.3, 0.4) is 0 Å². The summed E-state index contributed by atoms with van der Waals surface area (Å²) in [5.74, 6) is 0. The molecule has 90 valence electrons. The Labute approximate surface area is 117 Å². The minimum atomic E-state index is 0.224. The molecule has 0 radical (unpaired) electrons. The fourth-order valence-electron chi connectivity index (χ4n) is 1.68. The number of aromatic nitrogens is 2. The SMILES string of the molecule is CC(Nc1cnn(C)c1)c1ccc(Br)cc1Br. The maximum atomic E-state index is 4.13. The van der Waals surface area contributed by atoms with E-state index >= 15 is 0 Å². The van der Waals surface area contributed by atoms with Gasteiger partial charge in [0, 0.05) is 28.2 Å². The lowest BCUT2D eigenvalue weighted by Gasteiger charge is -2.15. The van der Waals surface area contributed by atoms with Gasteiger partial charge in [-0.05, 0) is 24.6 Å². The van der Waals surface area contributed by atoms with Gasteiger partial charge in [0.25, 0.3) is 0 Å². The van der Waals surface area contributed by atoms with E-state index in [1.807, 2.05) is 25.5 Å². The lowest BCUT2D eigenvalue weighted by molar-refractivity contribution is 0.767. The zero-order chi connectivity index (χ0) is 12.4. The molecule has 3 nitrogen and oxygen atoms in total. The van der Waals surface area contributed by atoms with Crippen LogP contribution in [-0.4, -0.2) is 9.78 Å². The summed E-state index contributed by atoms with van der Waals surface area (Å²) in [6.07, 6.45) is 3.78. The van der Waals surface area contributed by atoms with Crippen molar-refractivity contribution in [3.63, 3.8) is 0 Å². The average Bonchev–Trinajstić information content (AvgIpc) is 2.63. The first-order valence-corrected chi connectivity index (χ1v) is 6.85. The van der Waals surface area contributed by atoms with Crippen LogP contribution in [0, 0.1) is 0 Å². The van der Waals surface area contributed by atoms with Gasteiger partial charge >= 0.3 is 0 Å². The molecular formula is C12H13Br2N3. The Morgan fingerprint density at radius 2 is 2.12 bits per heavy atom. The molecular weight excluding hydrogens is 346 g/mol. The van der Waals surface area contributed by atoms with Gasteiger partial charge in [-0.15, -0.1) is 0 Å². The van der Waals surface area contributed by atoms with Crippen LogP contribution in [0.5, 0.6) is 0 Å². The average molecular weight is 359 g/mol. The van der Waals surface area contributed by atoms with Gasteiger partial charge in [-0.3, -0.25) is 4.68 Å². The van der Waals surface area contributed by atoms with Crippen LogP contribution in [0.4, 0.5) is 5.69 Å². The Morgan fingerprint density at radius 3 is 2.71 bits per heavy atom. The molecule has 1 N–H and O–H groups in total. The van der Waals surface area contributed by atoms with Crippen LogP contribution in [0.2, 0.25) is 0 Å². The van der Waals surface area contributed by atoms with E-state index < -0.39 is 0 Å². The summed E-state index contributed by atoms with van der Waals surface area (Å²) in [4.78, 5) is 0. The predicted octanol–water partition coefficient (Wildman–Crippen LogP) is 4.12. The van der Waals surface area contributed by atoms with Crippen LogP contribution in [0.15, 0.2) is 39.5 Å². The monoisotopic (exact) mass is 357 g/mol. The number of benzene rings is 1. The van der Waals surface area contributed by atoms with Crippen molar-refractivity contribution in [1.29, 1.82) is 0 Å². The Morgan fingerprint density at radius 1 is 1.35 bits per heavy atom. The summed E-state index contributed by atoms with van der Waals surface area (Å²) in [7, 11) is 1.91. The maximum absolute atomic E-state index is 4.13. The van der Waals surface area contributed by atoms with Gasteiger partial charge in [0.05, 0.1) is 11.9 Å². The Kier molecular flexibility index (Phi) is 3.89. The Hall–Kier alpha value is -0.810. The number of halogens is 2. The zero-order valence-corrected chi connectivity index (χ0v) is 12.8. The molecule has 1 unspecified atom stereocenters. The van der Waals surface area contributed by atoms with Crippen molar-refractivity contribution in [2.24, 2.45) is 7.05 Å². The Bertz CT molecular complexity index is 522. The second kappa shape index (κ2) is 5.23. The normalized spacial score (nSPS) is 12.5. The maximum Gasteiger partial charge on any atom is 0.0731 e. The summed E-state index contributed by atoms with van der Waals surface area (Å²) in [5.41, 5.74) is 2.24. The van der Waals surface area contributed by atoms with E-state index in [1.54, 1.807) is 4.68 Å². The summed E-state index contributed by atoms with van der Waals surface area (Å²) < 4.78 is 3.95. The number of anilines is 1. The second-order valence-corrected chi connectivity index (χ2v) is 5.70. The molecule has 0 fully saturated rings. The fraction of sp³-hybridized carbons (Fsp3) is 0.250. The molecule has 17 heavy (non-hydrogen) atoms. The summed E-state index contributed by atoms with van der Waals surface area (Å²) in [6, 6.07) is 6.42. The van der Waals surface area contributed by atoms with Crippen molar-refractivity contribution in [2.45, 2.75) is 13.0 Å². The molecule has 0 aliphatic heterocycles. The number of hydrogen-bond acceptors (Lipinski definition) is 2. The van der Waals surface area contributed by atoms with Crippen molar-refractivity contribution in [3.05, 3.63) is 45.1 Å². The first-order chi connectivity index (χ1) is 8.06. The van der Waals surface area contributed by atoms with E-state index in [-0.39, 0.29) is 6.04 Å². The smallest absolute Gasteiger partial charge is 0.0731 e. The summed E-state index contributed by atoms with van der Waals surface area (Å²) in [5, 5.41) is 7.55. The minimum Gasteiger partial charge on any atom is -0.376 e. The molecule has 1 atom stereocenters. The molecule has 1 heterocycles. The van der Waals surface area contributed by atoms with Crippen LogP contribution in [0.25, 0.3) is 0 Å². The lowest BCUT2D eigenvalue weighted by Crippen LogP contribution is -2.06. The molecule has 5 heteroatoms.